The van der Waals surface area contributed by atoms with Crippen LogP contribution in [0.5, 0.6) is 0 Å². The van der Waals surface area contributed by atoms with Gasteiger partial charge in [-0.25, -0.2) is 0 Å². The molecule has 17 atom stereocenters. The summed E-state index contributed by atoms with van der Waals surface area (Å²) in [7, 11) is 0. The summed E-state index contributed by atoms with van der Waals surface area (Å²) >= 11 is 0. The molecule has 1 amide bonds. The number of carbonyl (C=O) groups is 1. The molecule has 17 unspecified atom stereocenters. The number of ether oxygens (including phenoxy) is 6. The van der Waals surface area contributed by atoms with Crippen molar-refractivity contribution < 1.29 is 89.4 Å². The fourth-order valence-corrected chi connectivity index (χ4v) is 9.62. The Morgan fingerprint density at radius 2 is 0.859 bits per heavy atom. The van der Waals surface area contributed by atoms with Crippen molar-refractivity contribution in [3.05, 3.63) is 60.8 Å². The number of nitrogens with one attached hydrogen (secondary N) is 1. The molecule has 0 radical (unpaired) electrons. The quantitative estimate of drug-likeness (QED) is 0.0287. The molecular weight excluding hydrogens is 1010 g/mol. The summed E-state index contributed by atoms with van der Waals surface area (Å²) in [5.41, 5.74) is 0. The largest absolute Gasteiger partial charge is 0.394 e. The van der Waals surface area contributed by atoms with E-state index in [1.54, 1.807) is 6.08 Å². The Hall–Kier alpha value is -2.51. The van der Waals surface area contributed by atoms with E-state index in [0.717, 1.165) is 77.0 Å². The average molecular weight is 1110 g/mol. The van der Waals surface area contributed by atoms with Crippen molar-refractivity contribution in [2.24, 2.45) is 0 Å². The summed E-state index contributed by atoms with van der Waals surface area (Å²) in [5.74, 6) is -0.302. The number of hydrogen-bond donors (Lipinski definition) is 12. The van der Waals surface area contributed by atoms with Gasteiger partial charge in [-0.1, -0.05) is 158 Å². The van der Waals surface area contributed by atoms with E-state index in [1.807, 2.05) is 6.08 Å². The lowest BCUT2D eigenvalue weighted by molar-refractivity contribution is -0.379. The molecule has 0 aliphatic carbocycles. The number of allylic oxidation sites excluding steroid dienone is 9. The normalized spacial score (nSPS) is 30.9. The lowest BCUT2D eigenvalue weighted by atomic mass is 9.96. The Morgan fingerprint density at radius 3 is 1.40 bits per heavy atom. The predicted octanol–water partition coefficient (Wildman–Crippen LogP) is 4.87. The summed E-state index contributed by atoms with van der Waals surface area (Å²) in [6, 6.07) is -0.998. The van der Waals surface area contributed by atoms with Gasteiger partial charge in [-0.3, -0.25) is 4.79 Å². The van der Waals surface area contributed by atoms with Crippen LogP contribution in [0.4, 0.5) is 0 Å². The number of carbonyl (C=O) groups excluding carboxylic acids is 1. The molecule has 3 heterocycles. The van der Waals surface area contributed by atoms with Gasteiger partial charge in [0.05, 0.1) is 38.6 Å². The molecule has 3 fully saturated rings. The maximum Gasteiger partial charge on any atom is 0.220 e. The van der Waals surface area contributed by atoms with E-state index in [9.17, 15) is 61.0 Å². The molecule has 78 heavy (non-hydrogen) atoms. The van der Waals surface area contributed by atoms with Crippen LogP contribution in [-0.4, -0.2) is 193 Å². The molecule has 19 nitrogen and oxygen atoms in total. The molecule has 452 valence electrons. The lowest BCUT2D eigenvalue weighted by Gasteiger charge is -2.48. The van der Waals surface area contributed by atoms with Crippen LogP contribution in [0, 0.1) is 0 Å². The van der Waals surface area contributed by atoms with Crippen molar-refractivity contribution >= 4 is 5.91 Å². The Morgan fingerprint density at radius 1 is 0.462 bits per heavy atom. The molecule has 3 rings (SSSR count). The Balaban J connectivity index is 1.52. The van der Waals surface area contributed by atoms with E-state index >= 15 is 0 Å². The van der Waals surface area contributed by atoms with Crippen LogP contribution in [0.15, 0.2) is 60.8 Å². The van der Waals surface area contributed by atoms with E-state index in [4.69, 9.17) is 28.4 Å². The van der Waals surface area contributed by atoms with Crippen LogP contribution in [0.2, 0.25) is 0 Å². The molecular formula is C59H103NO18. The van der Waals surface area contributed by atoms with Crippen molar-refractivity contribution in [3.63, 3.8) is 0 Å². The van der Waals surface area contributed by atoms with Gasteiger partial charge < -0.3 is 89.9 Å². The second kappa shape index (κ2) is 42.3. The summed E-state index contributed by atoms with van der Waals surface area (Å²) in [6.45, 7) is 1.63. The minimum absolute atomic E-state index is 0.218. The first-order valence-corrected chi connectivity index (χ1v) is 29.5. The SMILES string of the molecule is CCCCC/C=C\C/C=C\C/C=C\CCCCCCCCC(=O)NC(COC1OC(CO)C(OC2OC(CO)C(OC3OC(CO)C(O)C(O)C3O)C(O)C2O)C(O)C1O)C(O)/C=C/CC/C=C/CCCCCCCCCC. The third kappa shape index (κ3) is 26.2. The number of unbranched alkanes of at least 4 members (excludes halogenated alkanes) is 18. The van der Waals surface area contributed by atoms with E-state index in [-0.39, 0.29) is 18.9 Å². The second-order valence-electron chi connectivity index (χ2n) is 21.1. The summed E-state index contributed by atoms with van der Waals surface area (Å²) in [6.07, 6.45) is 20.6. The van der Waals surface area contributed by atoms with Crippen LogP contribution in [0.1, 0.15) is 174 Å². The first kappa shape index (κ1) is 69.8. The van der Waals surface area contributed by atoms with Crippen LogP contribution in [0.25, 0.3) is 0 Å². The van der Waals surface area contributed by atoms with Gasteiger partial charge in [-0.05, 0) is 70.6 Å². The first-order valence-electron chi connectivity index (χ1n) is 29.5. The maximum atomic E-state index is 13.3. The molecule has 0 aromatic rings. The smallest absolute Gasteiger partial charge is 0.220 e. The molecule has 3 aliphatic heterocycles. The van der Waals surface area contributed by atoms with Crippen molar-refractivity contribution in [2.45, 2.75) is 279 Å². The number of aliphatic hydroxyl groups is 11. The standard InChI is InChI=1S/C59H103NO18/c1-3-5-7-9-11-13-15-17-19-20-21-22-23-25-27-29-31-33-35-37-47(65)60-42(43(64)36-34-32-30-28-26-24-18-16-14-12-10-8-6-4-2)41-73-57-53(71)50(68)55(45(39-62)75-57)78-59-54(72)51(69)56(46(40-63)76-59)77-58-52(70)49(67)48(66)44(38-61)74-58/h11,13,17,19,21-22,26,28,34,36,42-46,48-59,61-64,66-72H,3-10,12,14-16,18,20,23-25,27,29-33,35,37-41H2,1-2H3,(H,60,65)/b13-11-,19-17-,22-21-,28-26+,36-34+. The van der Waals surface area contributed by atoms with Gasteiger partial charge in [0.15, 0.2) is 18.9 Å². The molecule has 0 saturated carbocycles. The predicted molar refractivity (Wildman–Crippen MR) is 295 cm³/mol. The van der Waals surface area contributed by atoms with Crippen molar-refractivity contribution in [1.29, 1.82) is 0 Å². The van der Waals surface area contributed by atoms with Gasteiger partial charge in [-0.15, -0.1) is 0 Å². The zero-order chi connectivity index (χ0) is 56.9. The third-order valence-electron chi connectivity index (χ3n) is 14.5. The highest BCUT2D eigenvalue weighted by molar-refractivity contribution is 5.76. The average Bonchev–Trinajstić information content (AvgIpc) is 3.45. The molecule has 0 bridgehead atoms. The zero-order valence-electron chi connectivity index (χ0n) is 46.9. The molecule has 0 spiro atoms. The van der Waals surface area contributed by atoms with Crippen LogP contribution < -0.4 is 5.32 Å². The maximum absolute atomic E-state index is 13.3. The fraction of sp³-hybridized carbons (Fsp3) is 0.814. The van der Waals surface area contributed by atoms with Gasteiger partial charge in [0.25, 0.3) is 0 Å². The Kier molecular flexibility index (Phi) is 37.9. The van der Waals surface area contributed by atoms with Crippen LogP contribution in [0.3, 0.4) is 0 Å². The van der Waals surface area contributed by atoms with Crippen molar-refractivity contribution in [2.75, 3.05) is 26.4 Å². The van der Waals surface area contributed by atoms with Crippen LogP contribution >= 0.6 is 0 Å². The van der Waals surface area contributed by atoms with Gasteiger partial charge >= 0.3 is 0 Å². The highest BCUT2D eigenvalue weighted by Gasteiger charge is 2.53. The molecule has 3 aliphatic rings. The van der Waals surface area contributed by atoms with E-state index in [2.05, 4.69) is 67.8 Å². The fourth-order valence-electron chi connectivity index (χ4n) is 9.62. The minimum atomic E-state index is -1.98. The summed E-state index contributed by atoms with van der Waals surface area (Å²) < 4.78 is 34.2. The number of hydrogen-bond acceptors (Lipinski definition) is 18. The summed E-state index contributed by atoms with van der Waals surface area (Å²) in [4.78, 5) is 13.3. The Labute approximate surface area is 465 Å². The molecule has 0 aromatic heterocycles. The molecule has 3 saturated heterocycles. The lowest BCUT2D eigenvalue weighted by Crippen LogP contribution is -2.66. The molecule has 0 aromatic carbocycles. The van der Waals surface area contributed by atoms with Crippen molar-refractivity contribution in [1.82, 2.24) is 5.32 Å². The van der Waals surface area contributed by atoms with E-state index in [1.165, 1.54) is 64.2 Å². The topological polar surface area (TPSA) is 307 Å². The van der Waals surface area contributed by atoms with E-state index in [0.29, 0.717) is 12.8 Å². The highest BCUT2D eigenvalue weighted by atomic mass is 16.8. The minimum Gasteiger partial charge on any atom is -0.394 e. The number of rotatable bonds is 42. The van der Waals surface area contributed by atoms with Gasteiger partial charge in [-0.2, -0.15) is 0 Å². The van der Waals surface area contributed by atoms with E-state index < -0.39 is 124 Å². The second-order valence-corrected chi connectivity index (χ2v) is 21.1. The van der Waals surface area contributed by atoms with Crippen LogP contribution in [-0.2, 0) is 33.2 Å². The van der Waals surface area contributed by atoms with Gasteiger partial charge in [0.1, 0.15) is 73.2 Å². The van der Waals surface area contributed by atoms with Gasteiger partial charge in [0, 0.05) is 6.42 Å². The van der Waals surface area contributed by atoms with Crippen molar-refractivity contribution in [3.8, 4) is 0 Å². The first-order chi connectivity index (χ1) is 37.8. The Bertz CT molecular complexity index is 1660. The summed E-state index contributed by atoms with van der Waals surface area (Å²) in [5, 5.41) is 120. The van der Waals surface area contributed by atoms with Gasteiger partial charge in [0.2, 0.25) is 5.91 Å². The zero-order valence-corrected chi connectivity index (χ0v) is 46.9. The molecule has 19 heteroatoms. The monoisotopic (exact) mass is 1110 g/mol. The molecule has 12 N–H and O–H groups in total. The highest BCUT2D eigenvalue weighted by Crippen LogP contribution is 2.33. The number of amides is 1. The third-order valence-corrected chi connectivity index (χ3v) is 14.5. The number of aliphatic hydroxyl groups excluding tert-OH is 11.